The molecule has 0 radical (unpaired) electrons. The number of nitro groups is 1. The molecule has 0 amide bonds. The summed E-state index contributed by atoms with van der Waals surface area (Å²) in [6, 6.07) is 13.9. The van der Waals surface area contributed by atoms with Crippen molar-refractivity contribution in [1.82, 2.24) is 4.90 Å². The monoisotopic (exact) mass is 308 g/mol. The van der Waals surface area contributed by atoms with E-state index in [1.807, 2.05) is 36.2 Å². The van der Waals surface area contributed by atoms with Gasteiger partial charge in [0.1, 0.15) is 0 Å². The molecule has 5 nitrogen and oxygen atoms in total. The van der Waals surface area contributed by atoms with Crippen LogP contribution in [0.5, 0.6) is 0 Å². The average molecular weight is 308 g/mol. The molecule has 2 aromatic carbocycles. The van der Waals surface area contributed by atoms with Gasteiger partial charge in [-0.25, -0.2) is 0 Å². The first-order valence-corrected chi connectivity index (χ1v) is 7.37. The molecular weight excluding hydrogens is 292 g/mol. The van der Waals surface area contributed by atoms with Crippen molar-refractivity contribution in [2.45, 2.75) is 13.0 Å². The van der Waals surface area contributed by atoms with E-state index in [1.54, 1.807) is 0 Å². The number of carbonyl (C=O) groups excluding carboxylic acids is 1. The number of nitrogens with zero attached hydrogens (tertiary/aromatic N) is 2. The predicted octanol–water partition coefficient (Wildman–Crippen LogP) is 1.70. The summed E-state index contributed by atoms with van der Waals surface area (Å²) in [5.41, 5.74) is 0.469. The Balaban J connectivity index is 1.80. The second-order valence-corrected chi connectivity index (χ2v) is 5.56. The van der Waals surface area contributed by atoms with Crippen molar-refractivity contribution in [3.8, 4) is 0 Å². The zero-order chi connectivity index (χ0) is 16.4. The molecule has 1 unspecified atom stereocenters. The Kier molecular flexibility index (Phi) is 3.93. The zero-order valence-electron chi connectivity index (χ0n) is 12.7. The Morgan fingerprint density at radius 1 is 1.13 bits per heavy atom. The summed E-state index contributed by atoms with van der Waals surface area (Å²) in [7, 11) is 0. The number of benzene rings is 2. The van der Waals surface area contributed by atoms with E-state index in [1.165, 1.54) is 29.5 Å². The third kappa shape index (κ3) is 3.13. The van der Waals surface area contributed by atoms with Crippen molar-refractivity contribution >= 4 is 23.7 Å². The van der Waals surface area contributed by atoms with Crippen LogP contribution in [-0.2, 0) is 0 Å². The molecule has 1 atom stereocenters. The van der Waals surface area contributed by atoms with Crippen LogP contribution >= 0.6 is 0 Å². The van der Waals surface area contributed by atoms with Crippen LogP contribution in [0.25, 0.3) is 12.3 Å². The minimum atomic E-state index is -0.472. The average Bonchev–Trinajstić information content (AvgIpc) is 2.55. The quantitative estimate of drug-likeness (QED) is 0.490. The number of carbonyl (C=O) groups is 1. The summed E-state index contributed by atoms with van der Waals surface area (Å²) in [5, 5.41) is 12.9. The number of nitro benzene ring substituents is 1. The second-order valence-electron chi connectivity index (χ2n) is 5.56. The van der Waals surface area contributed by atoms with Crippen molar-refractivity contribution in [3.05, 3.63) is 74.6 Å². The number of hydrogen-bond acceptors (Lipinski definition) is 4. The summed E-state index contributed by atoms with van der Waals surface area (Å²) in [4.78, 5) is 24.6. The Morgan fingerprint density at radius 2 is 1.78 bits per heavy atom. The van der Waals surface area contributed by atoms with Gasteiger partial charge in [0.25, 0.3) is 5.69 Å². The minimum Gasteiger partial charge on any atom is -0.363 e. The van der Waals surface area contributed by atoms with Crippen molar-refractivity contribution in [1.29, 1.82) is 0 Å². The van der Waals surface area contributed by atoms with Gasteiger partial charge in [0, 0.05) is 29.9 Å². The molecular formula is C18H16N2O3. The maximum atomic E-state index is 12.4. The molecule has 5 heteroatoms. The second kappa shape index (κ2) is 6.04. The normalized spacial score (nSPS) is 16.0. The summed E-state index contributed by atoms with van der Waals surface area (Å²) in [5.74, 6) is -0.0595. The van der Waals surface area contributed by atoms with Crippen LogP contribution in [0.1, 0.15) is 17.3 Å². The molecule has 0 saturated carbocycles. The van der Waals surface area contributed by atoms with E-state index in [9.17, 15) is 14.9 Å². The first-order chi connectivity index (χ1) is 11.0. The molecule has 0 bridgehead atoms. The van der Waals surface area contributed by atoms with E-state index in [0.717, 1.165) is 5.22 Å². The molecule has 1 aliphatic heterocycles. The molecule has 0 N–H and O–H groups in total. The SMILES string of the molecule is CC1C=c2ccccc2=CN1CC(=O)c1ccc([N+](=O)[O-])cc1. The molecule has 0 aromatic heterocycles. The van der Waals surface area contributed by atoms with Gasteiger partial charge in [-0.05, 0) is 29.5 Å². The van der Waals surface area contributed by atoms with Gasteiger partial charge in [-0.2, -0.15) is 0 Å². The lowest BCUT2D eigenvalue weighted by Crippen LogP contribution is -2.42. The number of rotatable bonds is 4. The highest BCUT2D eigenvalue weighted by Crippen LogP contribution is 2.14. The van der Waals surface area contributed by atoms with Gasteiger partial charge >= 0.3 is 0 Å². The molecule has 1 heterocycles. The Bertz CT molecular complexity index is 872. The molecule has 116 valence electrons. The van der Waals surface area contributed by atoms with Crippen molar-refractivity contribution in [3.63, 3.8) is 0 Å². The Morgan fingerprint density at radius 3 is 2.43 bits per heavy atom. The van der Waals surface area contributed by atoms with E-state index in [0.29, 0.717) is 5.56 Å². The van der Waals surface area contributed by atoms with E-state index in [2.05, 4.69) is 12.1 Å². The standard InChI is InChI=1S/C18H16N2O3/c1-13-10-15-4-2-3-5-16(15)11-19(13)12-18(21)14-6-8-17(9-7-14)20(22)23/h2-11,13H,12H2,1H3. The number of fused-ring (bicyclic) bond motifs is 1. The Hall–Kier alpha value is -2.95. The van der Waals surface area contributed by atoms with E-state index < -0.39 is 4.92 Å². The van der Waals surface area contributed by atoms with Crippen LogP contribution < -0.4 is 10.4 Å². The first-order valence-electron chi connectivity index (χ1n) is 7.37. The van der Waals surface area contributed by atoms with Crippen LogP contribution in [0.15, 0.2) is 48.5 Å². The molecule has 0 saturated heterocycles. The largest absolute Gasteiger partial charge is 0.363 e. The lowest BCUT2D eigenvalue weighted by atomic mass is 10.1. The molecule has 23 heavy (non-hydrogen) atoms. The van der Waals surface area contributed by atoms with Crippen LogP contribution in [0.2, 0.25) is 0 Å². The molecule has 0 fully saturated rings. The number of non-ortho nitro benzene ring substituents is 1. The molecule has 3 rings (SSSR count). The summed E-state index contributed by atoms with van der Waals surface area (Å²) in [6.45, 7) is 2.28. The minimum absolute atomic E-state index is 0.0123. The lowest BCUT2D eigenvalue weighted by molar-refractivity contribution is -0.384. The summed E-state index contributed by atoms with van der Waals surface area (Å²) < 4.78 is 0. The fraction of sp³-hybridized carbons (Fsp3) is 0.167. The fourth-order valence-electron chi connectivity index (χ4n) is 2.65. The highest BCUT2D eigenvalue weighted by Gasteiger charge is 2.17. The highest BCUT2D eigenvalue weighted by molar-refractivity contribution is 5.98. The van der Waals surface area contributed by atoms with Gasteiger partial charge in [0.15, 0.2) is 5.78 Å². The van der Waals surface area contributed by atoms with Gasteiger partial charge in [-0.15, -0.1) is 0 Å². The molecule has 0 aliphatic carbocycles. The van der Waals surface area contributed by atoms with Crippen molar-refractivity contribution < 1.29 is 9.72 Å². The van der Waals surface area contributed by atoms with Crippen molar-refractivity contribution in [2.24, 2.45) is 0 Å². The lowest BCUT2D eigenvalue weighted by Gasteiger charge is -2.27. The maximum absolute atomic E-state index is 12.4. The topological polar surface area (TPSA) is 63.5 Å². The van der Waals surface area contributed by atoms with Gasteiger partial charge in [-0.1, -0.05) is 30.3 Å². The zero-order valence-corrected chi connectivity index (χ0v) is 12.7. The number of ketones is 1. The smallest absolute Gasteiger partial charge is 0.269 e. The van der Waals surface area contributed by atoms with Gasteiger partial charge in [-0.3, -0.25) is 14.9 Å². The highest BCUT2D eigenvalue weighted by atomic mass is 16.6. The maximum Gasteiger partial charge on any atom is 0.269 e. The third-order valence-electron chi connectivity index (χ3n) is 3.97. The summed E-state index contributed by atoms with van der Waals surface area (Å²) >= 11 is 0. The predicted molar refractivity (Wildman–Crippen MR) is 88.2 cm³/mol. The molecule has 1 aliphatic rings. The van der Waals surface area contributed by atoms with Crippen molar-refractivity contribution in [2.75, 3.05) is 6.54 Å². The van der Waals surface area contributed by atoms with Gasteiger partial charge in [0.2, 0.25) is 0 Å². The van der Waals surface area contributed by atoms with Crippen LogP contribution in [-0.4, -0.2) is 28.2 Å². The fourth-order valence-corrected chi connectivity index (χ4v) is 2.65. The first kappa shape index (κ1) is 15.0. The Labute approximate surface area is 133 Å². The van der Waals surface area contributed by atoms with E-state index >= 15 is 0 Å². The van der Waals surface area contributed by atoms with Gasteiger partial charge in [0.05, 0.1) is 11.5 Å². The third-order valence-corrected chi connectivity index (χ3v) is 3.97. The molecule has 2 aromatic rings. The van der Waals surface area contributed by atoms with Gasteiger partial charge < -0.3 is 4.90 Å². The summed E-state index contributed by atoms with van der Waals surface area (Å²) in [6.07, 6.45) is 4.11. The van der Waals surface area contributed by atoms with Crippen LogP contribution in [0, 0.1) is 10.1 Å². The number of Topliss-reactive ketones (excluding diaryl/α,β-unsaturated/α-hetero) is 1. The van der Waals surface area contributed by atoms with Crippen LogP contribution in [0.4, 0.5) is 5.69 Å². The molecule has 0 spiro atoms. The van der Waals surface area contributed by atoms with E-state index in [4.69, 9.17) is 0 Å². The van der Waals surface area contributed by atoms with Crippen LogP contribution in [0.3, 0.4) is 0 Å². The van der Waals surface area contributed by atoms with E-state index in [-0.39, 0.29) is 24.1 Å². The number of hydrogen-bond donors (Lipinski definition) is 0.